The molecule has 1 unspecified atom stereocenters. The highest BCUT2D eigenvalue weighted by Gasteiger charge is 2.41. The molecule has 0 bridgehead atoms. The number of carbonyl (C=O) groups is 1. The van der Waals surface area contributed by atoms with E-state index < -0.39 is 5.54 Å². The molecule has 4 heteroatoms. The van der Waals surface area contributed by atoms with Crippen molar-refractivity contribution in [1.82, 2.24) is 0 Å². The molecule has 2 rings (SSSR count). The third-order valence-corrected chi connectivity index (χ3v) is 3.01. The smallest absolute Gasteiger partial charge is 0.326 e. The van der Waals surface area contributed by atoms with Crippen molar-refractivity contribution in [2.24, 2.45) is 5.73 Å². The van der Waals surface area contributed by atoms with Gasteiger partial charge in [0.05, 0.1) is 7.11 Å². The number of hydrogen-bond acceptors (Lipinski definition) is 3. The number of fused-ring (bicyclic) bond motifs is 1. The van der Waals surface area contributed by atoms with Gasteiger partial charge in [-0.3, -0.25) is 4.79 Å². The topological polar surface area (TPSA) is 52.3 Å². The van der Waals surface area contributed by atoms with Crippen molar-refractivity contribution in [3.05, 3.63) is 34.3 Å². The summed E-state index contributed by atoms with van der Waals surface area (Å²) in [7, 11) is 1.35. The highest BCUT2D eigenvalue weighted by molar-refractivity contribution is 6.30. The summed E-state index contributed by atoms with van der Waals surface area (Å²) in [5.41, 5.74) is 7.19. The van der Waals surface area contributed by atoms with Crippen molar-refractivity contribution in [3.8, 4) is 0 Å². The zero-order valence-electron chi connectivity index (χ0n) is 8.42. The van der Waals surface area contributed by atoms with E-state index in [1.807, 2.05) is 18.2 Å². The number of methoxy groups -OCH3 is 1. The third-order valence-electron chi connectivity index (χ3n) is 2.77. The molecule has 0 spiro atoms. The third kappa shape index (κ3) is 1.73. The Balaban J connectivity index is 2.32. The fourth-order valence-electron chi connectivity index (χ4n) is 2.02. The van der Waals surface area contributed by atoms with E-state index in [2.05, 4.69) is 0 Å². The van der Waals surface area contributed by atoms with Gasteiger partial charge in [-0.1, -0.05) is 17.7 Å². The Bertz CT molecular complexity index is 419. The summed E-state index contributed by atoms with van der Waals surface area (Å²) in [5, 5.41) is 0.669. The van der Waals surface area contributed by atoms with Gasteiger partial charge in [-0.15, -0.1) is 0 Å². The van der Waals surface area contributed by atoms with E-state index in [9.17, 15) is 4.79 Å². The maximum Gasteiger partial charge on any atom is 0.326 e. The molecule has 1 aliphatic rings. The van der Waals surface area contributed by atoms with Crippen LogP contribution in [0.2, 0.25) is 5.02 Å². The number of rotatable bonds is 1. The summed E-state index contributed by atoms with van der Waals surface area (Å²) in [4.78, 5) is 11.5. The van der Waals surface area contributed by atoms with Crippen molar-refractivity contribution in [1.29, 1.82) is 0 Å². The van der Waals surface area contributed by atoms with Crippen molar-refractivity contribution in [2.75, 3.05) is 7.11 Å². The summed E-state index contributed by atoms with van der Waals surface area (Å²) in [6, 6.07) is 5.58. The van der Waals surface area contributed by atoms with Crippen LogP contribution in [0.1, 0.15) is 11.1 Å². The molecule has 0 saturated heterocycles. The molecular formula is C11H12ClNO2. The van der Waals surface area contributed by atoms with Crippen LogP contribution in [0.5, 0.6) is 0 Å². The second-order valence-electron chi connectivity index (χ2n) is 3.91. The van der Waals surface area contributed by atoms with Gasteiger partial charge in [0.1, 0.15) is 5.54 Å². The van der Waals surface area contributed by atoms with Gasteiger partial charge in [0.25, 0.3) is 0 Å². The standard InChI is InChI=1S/C11H12ClNO2/c1-15-10(14)11(13)5-7-2-3-9(12)4-8(7)6-11/h2-4H,5-6,13H2,1H3. The Hall–Kier alpha value is -1.06. The molecule has 1 atom stereocenters. The van der Waals surface area contributed by atoms with Gasteiger partial charge in [-0.2, -0.15) is 0 Å². The molecule has 1 aromatic carbocycles. The zero-order chi connectivity index (χ0) is 11.1. The van der Waals surface area contributed by atoms with Gasteiger partial charge >= 0.3 is 5.97 Å². The second kappa shape index (κ2) is 3.51. The SMILES string of the molecule is COC(=O)C1(N)Cc2ccc(Cl)cc2C1. The molecule has 0 heterocycles. The molecule has 80 valence electrons. The first-order valence-corrected chi connectivity index (χ1v) is 5.07. The van der Waals surface area contributed by atoms with E-state index in [1.165, 1.54) is 7.11 Å². The fourth-order valence-corrected chi connectivity index (χ4v) is 2.22. The Morgan fingerprint density at radius 2 is 2.13 bits per heavy atom. The minimum atomic E-state index is -0.915. The lowest BCUT2D eigenvalue weighted by atomic mass is 9.98. The number of hydrogen-bond donors (Lipinski definition) is 1. The van der Waals surface area contributed by atoms with Gasteiger partial charge in [0.2, 0.25) is 0 Å². The van der Waals surface area contributed by atoms with Crippen molar-refractivity contribution >= 4 is 17.6 Å². The van der Waals surface area contributed by atoms with E-state index in [-0.39, 0.29) is 5.97 Å². The summed E-state index contributed by atoms with van der Waals surface area (Å²) >= 11 is 5.87. The Kier molecular flexibility index (Phi) is 2.44. The first-order chi connectivity index (χ1) is 7.05. The minimum absolute atomic E-state index is 0.366. The normalized spacial score (nSPS) is 23.7. The first-order valence-electron chi connectivity index (χ1n) is 4.70. The van der Waals surface area contributed by atoms with Crippen LogP contribution in [-0.4, -0.2) is 18.6 Å². The first kappa shape index (κ1) is 10.5. The molecule has 0 aromatic heterocycles. The van der Waals surface area contributed by atoms with Crippen molar-refractivity contribution in [3.63, 3.8) is 0 Å². The molecule has 1 aliphatic carbocycles. The predicted molar refractivity (Wildman–Crippen MR) is 57.8 cm³/mol. The zero-order valence-corrected chi connectivity index (χ0v) is 9.17. The molecule has 3 nitrogen and oxygen atoms in total. The van der Waals surface area contributed by atoms with Gasteiger partial charge in [-0.25, -0.2) is 0 Å². The number of benzene rings is 1. The molecule has 0 radical (unpaired) electrons. The lowest BCUT2D eigenvalue weighted by Gasteiger charge is -2.19. The number of nitrogens with two attached hydrogens (primary N) is 1. The van der Waals surface area contributed by atoms with Crippen LogP contribution in [0.4, 0.5) is 0 Å². The highest BCUT2D eigenvalue weighted by Crippen LogP contribution is 2.31. The molecule has 0 aliphatic heterocycles. The van der Waals surface area contributed by atoms with E-state index >= 15 is 0 Å². The van der Waals surface area contributed by atoms with Crippen molar-refractivity contribution < 1.29 is 9.53 Å². The van der Waals surface area contributed by atoms with Crippen LogP contribution in [-0.2, 0) is 22.4 Å². The lowest BCUT2D eigenvalue weighted by molar-refractivity contribution is -0.146. The average Bonchev–Trinajstić information content (AvgIpc) is 2.53. The largest absolute Gasteiger partial charge is 0.468 e. The van der Waals surface area contributed by atoms with Crippen LogP contribution in [0.3, 0.4) is 0 Å². The van der Waals surface area contributed by atoms with Crippen LogP contribution in [0, 0.1) is 0 Å². The van der Waals surface area contributed by atoms with E-state index in [4.69, 9.17) is 22.1 Å². The molecule has 15 heavy (non-hydrogen) atoms. The fraction of sp³-hybridized carbons (Fsp3) is 0.364. The highest BCUT2D eigenvalue weighted by atomic mass is 35.5. The second-order valence-corrected chi connectivity index (χ2v) is 4.35. The number of halogens is 1. The number of esters is 1. The van der Waals surface area contributed by atoms with Crippen LogP contribution < -0.4 is 5.73 Å². The van der Waals surface area contributed by atoms with E-state index in [1.54, 1.807) is 0 Å². The maximum absolute atomic E-state index is 11.5. The molecule has 2 N–H and O–H groups in total. The maximum atomic E-state index is 11.5. The number of ether oxygens (including phenoxy) is 1. The lowest BCUT2D eigenvalue weighted by Crippen LogP contribution is -2.49. The van der Waals surface area contributed by atoms with Crippen LogP contribution >= 0.6 is 11.6 Å². The summed E-state index contributed by atoms with van der Waals surface area (Å²) in [5.74, 6) is -0.366. The quantitative estimate of drug-likeness (QED) is 0.734. The van der Waals surface area contributed by atoms with Crippen molar-refractivity contribution in [2.45, 2.75) is 18.4 Å². The van der Waals surface area contributed by atoms with Gasteiger partial charge in [-0.05, 0) is 23.3 Å². The summed E-state index contributed by atoms with van der Waals surface area (Å²) in [6.07, 6.45) is 1.02. The average molecular weight is 226 g/mol. The molecule has 0 amide bonds. The van der Waals surface area contributed by atoms with Gasteiger partial charge < -0.3 is 10.5 Å². The molecule has 0 saturated carbocycles. The Labute approximate surface area is 93.2 Å². The Morgan fingerprint density at radius 1 is 1.47 bits per heavy atom. The molecular weight excluding hydrogens is 214 g/mol. The van der Waals surface area contributed by atoms with Crippen LogP contribution in [0.15, 0.2) is 18.2 Å². The van der Waals surface area contributed by atoms with E-state index in [0.29, 0.717) is 17.9 Å². The minimum Gasteiger partial charge on any atom is -0.468 e. The molecule has 1 aromatic rings. The summed E-state index contributed by atoms with van der Waals surface area (Å²) < 4.78 is 4.70. The Morgan fingerprint density at radius 3 is 2.80 bits per heavy atom. The van der Waals surface area contributed by atoms with Gasteiger partial charge in [0.15, 0.2) is 0 Å². The number of carbonyl (C=O) groups excluding carboxylic acids is 1. The predicted octanol–water partition coefficient (Wildman–Crippen LogP) is 1.31. The monoisotopic (exact) mass is 225 g/mol. The van der Waals surface area contributed by atoms with Gasteiger partial charge in [0, 0.05) is 17.9 Å². The summed E-state index contributed by atoms with van der Waals surface area (Å²) in [6.45, 7) is 0. The van der Waals surface area contributed by atoms with E-state index in [0.717, 1.165) is 11.1 Å². The van der Waals surface area contributed by atoms with Crippen LogP contribution in [0.25, 0.3) is 0 Å². The molecule has 0 fully saturated rings.